The van der Waals surface area contributed by atoms with Crippen LogP contribution in [0.3, 0.4) is 0 Å². The summed E-state index contributed by atoms with van der Waals surface area (Å²) in [5.41, 5.74) is -0.443. The number of benzene rings is 1. The first-order valence-electron chi connectivity index (χ1n) is 5.68. The number of hydrogen-bond acceptors (Lipinski definition) is 4. The second kappa shape index (κ2) is 5.48. The van der Waals surface area contributed by atoms with Gasteiger partial charge in [0.05, 0.1) is 24.8 Å². The topological polar surface area (TPSA) is 44.8 Å². The zero-order valence-corrected chi connectivity index (χ0v) is 11.7. The predicted octanol–water partition coefficient (Wildman–Crippen LogP) is 3.23. The summed E-state index contributed by atoms with van der Waals surface area (Å²) in [6, 6.07) is 2.74. The van der Waals surface area contributed by atoms with Crippen LogP contribution in [0.4, 0.5) is 13.2 Å². The number of ether oxygens (including phenoxy) is 3. The van der Waals surface area contributed by atoms with Gasteiger partial charge in [0.2, 0.25) is 6.10 Å². The maximum Gasteiger partial charge on any atom is 0.430 e. The van der Waals surface area contributed by atoms with Crippen LogP contribution in [0, 0.1) is 0 Å². The van der Waals surface area contributed by atoms with Crippen molar-refractivity contribution in [3.63, 3.8) is 0 Å². The third kappa shape index (κ3) is 2.92. The van der Waals surface area contributed by atoms with E-state index in [-0.39, 0.29) is 16.3 Å². The summed E-state index contributed by atoms with van der Waals surface area (Å²) < 4.78 is 53.3. The predicted molar refractivity (Wildman–Crippen MR) is 68.5 cm³/mol. The van der Waals surface area contributed by atoms with E-state index in [1.165, 1.54) is 19.2 Å². The standard InChI is InChI=1S/C13H10ClF3O4/c1-19-7-3-6-4-8(12(18)20-2)11(13(15,16)17)21-10(6)9(14)5-7/h3-5,11H,1-2H3. The number of esters is 1. The van der Waals surface area contributed by atoms with Crippen LogP contribution in [-0.2, 0) is 9.53 Å². The van der Waals surface area contributed by atoms with Crippen LogP contribution in [0.15, 0.2) is 17.7 Å². The second-order valence-corrected chi connectivity index (χ2v) is 4.57. The third-order valence-corrected chi connectivity index (χ3v) is 3.11. The average molecular weight is 323 g/mol. The molecule has 1 atom stereocenters. The largest absolute Gasteiger partial charge is 0.497 e. The smallest absolute Gasteiger partial charge is 0.430 e. The van der Waals surface area contributed by atoms with Gasteiger partial charge in [-0.1, -0.05) is 11.6 Å². The molecule has 1 unspecified atom stereocenters. The minimum Gasteiger partial charge on any atom is -0.497 e. The highest BCUT2D eigenvalue weighted by atomic mass is 35.5. The Balaban J connectivity index is 2.59. The molecule has 0 fully saturated rings. The van der Waals surface area contributed by atoms with E-state index in [2.05, 4.69) is 4.74 Å². The molecule has 0 bridgehead atoms. The lowest BCUT2D eigenvalue weighted by atomic mass is 10.0. The number of halogens is 4. The lowest BCUT2D eigenvalue weighted by molar-refractivity contribution is -0.187. The van der Waals surface area contributed by atoms with Gasteiger partial charge in [0.15, 0.2) is 0 Å². The second-order valence-electron chi connectivity index (χ2n) is 4.16. The maximum absolute atomic E-state index is 13.0. The summed E-state index contributed by atoms with van der Waals surface area (Å²) in [6.45, 7) is 0. The molecule has 1 aliphatic rings. The molecule has 0 saturated carbocycles. The summed E-state index contributed by atoms with van der Waals surface area (Å²) in [6.07, 6.45) is -6.17. The van der Waals surface area contributed by atoms with Crippen molar-refractivity contribution < 1.29 is 32.2 Å². The summed E-state index contributed by atoms with van der Waals surface area (Å²) in [5, 5.41) is -0.0428. The molecule has 0 aromatic heterocycles. The van der Waals surface area contributed by atoms with Crippen molar-refractivity contribution in [1.29, 1.82) is 0 Å². The van der Waals surface area contributed by atoms with Gasteiger partial charge in [-0.15, -0.1) is 0 Å². The molecule has 0 aliphatic carbocycles. The summed E-state index contributed by atoms with van der Waals surface area (Å²) >= 11 is 5.88. The molecule has 1 aromatic carbocycles. The summed E-state index contributed by atoms with van der Waals surface area (Å²) in [5.74, 6) is -0.956. The fourth-order valence-corrected chi connectivity index (χ4v) is 2.15. The van der Waals surface area contributed by atoms with Crippen molar-refractivity contribution in [2.75, 3.05) is 14.2 Å². The Hall–Kier alpha value is -1.89. The van der Waals surface area contributed by atoms with Crippen LogP contribution >= 0.6 is 11.6 Å². The molecule has 0 radical (unpaired) electrons. The van der Waals surface area contributed by atoms with E-state index in [9.17, 15) is 18.0 Å². The van der Waals surface area contributed by atoms with Gasteiger partial charge in [-0.3, -0.25) is 0 Å². The van der Waals surface area contributed by atoms with Crippen LogP contribution in [0.5, 0.6) is 11.5 Å². The van der Waals surface area contributed by atoms with Crippen LogP contribution < -0.4 is 9.47 Å². The molecule has 0 N–H and O–H groups in total. The van der Waals surface area contributed by atoms with Crippen molar-refractivity contribution in [1.82, 2.24) is 0 Å². The Bertz CT molecular complexity index is 610. The van der Waals surface area contributed by atoms with Gasteiger partial charge in [-0.25, -0.2) is 4.79 Å². The highest BCUT2D eigenvalue weighted by Crippen LogP contribution is 2.42. The fraction of sp³-hybridized carbons (Fsp3) is 0.308. The minimum atomic E-state index is -4.78. The van der Waals surface area contributed by atoms with Crippen LogP contribution in [0.1, 0.15) is 5.56 Å². The zero-order chi connectivity index (χ0) is 15.8. The van der Waals surface area contributed by atoms with E-state index in [0.29, 0.717) is 5.75 Å². The summed E-state index contributed by atoms with van der Waals surface area (Å²) in [7, 11) is 2.37. The van der Waals surface area contributed by atoms with E-state index in [4.69, 9.17) is 21.1 Å². The first-order valence-corrected chi connectivity index (χ1v) is 6.06. The fourth-order valence-electron chi connectivity index (χ4n) is 1.89. The number of methoxy groups -OCH3 is 2. The Labute approximate surface area is 123 Å². The van der Waals surface area contributed by atoms with E-state index < -0.39 is 23.8 Å². The Kier molecular flexibility index (Phi) is 4.04. The minimum absolute atomic E-state index is 0.0428. The molecule has 1 aromatic rings. The number of alkyl halides is 3. The number of hydrogen-bond donors (Lipinski definition) is 0. The molecule has 0 amide bonds. The van der Waals surface area contributed by atoms with Crippen LogP contribution in [-0.4, -0.2) is 32.5 Å². The Morgan fingerprint density at radius 3 is 2.52 bits per heavy atom. The number of fused-ring (bicyclic) bond motifs is 1. The number of carbonyl (C=O) groups is 1. The molecule has 21 heavy (non-hydrogen) atoms. The van der Waals surface area contributed by atoms with Crippen molar-refractivity contribution in [3.05, 3.63) is 28.3 Å². The van der Waals surface area contributed by atoms with Gasteiger partial charge < -0.3 is 14.2 Å². The normalized spacial score (nSPS) is 17.4. The van der Waals surface area contributed by atoms with Gasteiger partial charge in [0, 0.05) is 11.6 Å². The van der Waals surface area contributed by atoms with Gasteiger partial charge >= 0.3 is 12.1 Å². The van der Waals surface area contributed by atoms with Gasteiger partial charge in [-0.2, -0.15) is 13.2 Å². The van der Waals surface area contributed by atoms with E-state index in [1.54, 1.807) is 0 Å². The molecule has 4 nitrogen and oxygen atoms in total. The van der Waals surface area contributed by atoms with Crippen molar-refractivity contribution in [2.24, 2.45) is 0 Å². The molecule has 1 aliphatic heterocycles. The van der Waals surface area contributed by atoms with E-state index >= 15 is 0 Å². The monoisotopic (exact) mass is 322 g/mol. The first-order chi connectivity index (χ1) is 9.77. The van der Waals surface area contributed by atoms with E-state index in [1.807, 2.05) is 0 Å². The molecule has 0 saturated heterocycles. The average Bonchev–Trinajstić information content (AvgIpc) is 2.43. The maximum atomic E-state index is 13.0. The van der Waals surface area contributed by atoms with E-state index in [0.717, 1.165) is 13.2 Å². The number of rotatable bonds is 2. The quantitative estimate of drug-likeness (QED) is 0.784. The van der Waals surface area contributed by atoms with Gasteiger partial charge in [0.25, 0.3) is 0 Å². The lowest BCUT2D eigenvalue weighted by Gasteiger charge is -2.28. The highest BCUT2D eigenvalue weighted by molar-refractivity contribution is 6.32. The molecule has 8 heteroatoms. The van der Waals surface area contributed by atoms with Crippen LogP contribution in [0.2, 0.25) is 5.02 Å². The molecule has 1 heterocycles. The highest BCUT2D eigenvalue weighted by Gasteiger charge is 2.49. The summed E-state index contributed by atoms with van der Waals surface area (Å²) in [4.78, 5) is 11.5. The van der Waals surface area contributed by atoms with Crippen molar-refractivity contribution in [2.45, 2.75) is 12.3 Å². The first kappa shape index (κ1) is 15.5. The molecule has 2 rings (SSSR count). The molecular weight excluding hydrogens is 313 g/mol. The molecule has 0 spiro atoms. The molecular formula is C13H10ClF3O4. The van der Waals surface area contributed by atoms with Crippen molar-refractivity contribution in [3.8, 4) is 11.5 Å². The Morgan fingerprint density at radius 1 is 1.33 bits per heavy atom. The van der Waals surface area contributed by atoms with Gasteiger partial charge in [0.1, 0.15) is 11.5 Å². The Morgan fingerprint density at radius 2 is 2.00 bits per heavy atom. The SMILES string of the molecule is COC(=O)C1=Cc2cc(OC)cc(Cl)c2OC1C(F)(F)F. The third-order valence-electron chi connectivity index (χ3n) is 2.83. The van der Waals surface area contributed by atoms with Gasteiger partial charge in [-0.05, 0) is 12.1 Å². The lowest BCUT2D eigenvalue weighted by Crippen LogP contribution is -2.40. The van der Waals surface area contributed by atoms with Crippen molar-refractivity contribution >= 4 is 23.6 Å². The molecule has 114 valence electrons. The zero-order valence-electron chi connectivity index (χ0n) is 11.0. The van der Waals surface area contributed by atoms with Crippen LogP contribution in [0.25, 0.3) is 6.08 Å². The number of carbonyl (C=O) groups excluding carboxylic acids is 1.